The Bertz CT molecular complexity index is 743. The molecule has 1 N–H and O–H groups in total. The highest BCUT2D eigenvalue weighted by Crippen LogP contribution is 2.25. The third-order valence-electron chi connectivity index (χ3n) is 3.67. The van der Waals surface area contributed by atoms with E-state index in [4.69, 9.17) is 5.26 Å². The number of nitrogens with one attached hydrogen (secondary N) is 1. The molecule has 0 aliphatic rings. The van der Waals surface area contributed by atoms with Gasteiger partial charge in [-0.15, -0.1) is 0 Å². The summed E-state index contributed by atoms with van der Waals surface area (Å²) in [4.78, 5) is 6.70. The maximum absolute atomic E-state index is 8.92. The summed E-state index contributed by atoms with van der Waals surface area (Å²) < 4.78 is 0. The van der Waals surface area contributed by atoms with Crippen molar-refractivity contribution in [3.8, 4) is 6.07 Å². The molecular weight excluding hydrogens is 284 g/mol. The Morgan fingerprint density at radius 3 is 2.96 bits per heavy atom. The third kappa shape index (κ3) is 4.33. The van der Waals surface area contributed by atoms with Crippen LogP contribution in [0.5, 0.6) is 0 Å². The number of fused-ring (bicyclic) bond motifs is 1. The van der Waals surface area contributed by atoms with Crippen molar-refractivity contribution in [3.63, 3.8) is 0 Å². The summed E-state index contributed by atoms with van der Waals surface area (Å²) in [5.74, 6) is 0.920. The van der Waals surface area contributed by atoms with Crippen LogP contribution in [0.3, 0.4) is 0 Å². The van der Waals surface area contributed by atoms with Gasteiger partial charge < -0.3 is 10.2 Å². The molecule has 0 aliphatic heterocycles. The first-order valence-corrected chi connectivity index (χ1v) is 7.68. The van der Waals surface area contributed by atoms with Crippen molar-refractivity contribution in [1.82, 2.24) is 10.3 Å². The molecule has 0 atom stereocenters. The quantitative estimate of drug-likeness (QED) is 0.758. The minimum Gasteiger partial charge on any atom is -0.384 e. The molecule has 0 spiro atoms. The van der Waals surface area contributed by atoms with Crippen LogP contribution in [-0.4, -0.2) is 24.6 Å². The maximum Gasteiger partial charge on any atom is 0.136 e. The van der Waals surface area contributed by atoms with Gasteiger partial charge in [-0.3, -0.25) is 0 Å². The fourth-order valence-corrected chi connectivity index (χ4v) is 2.47. The van der Waals surface area contributed by atoms with Gasteiger partial charge in [0.15, 0.2) is 0 Å². The lowest BCUT2D eigenvalue weighted by molar-refractivity contribution is 0.726. The molecule has 0 radical (unpaired) electrons. The first-order valence-electron chi connectivity index (χ1n) is 7.68. The molecule has 2 aromatic rings. The van der Waals surface area contributed by atoms with Crippen LogP contribution in [0.1, 0.15) is 12.0 Å². The fraction of sp³-hybridized carbons (Fsp3) is 0.263. The summed E-state index contributed by atoms with van der Waals surface area (Å²) >= 11 is 0. The van der Waals surface area contributed by atoms with Gasteiger partial charge >= 0.3 is 0 Å². The van der Waals surface area contributed by atoms with Gasteiger partial charge in [0.25, 0.3) is 0 Å². The van der Waals surface area contributed by atoms with Crippen LogP contribution in [0.2, 0.25) is 0 Å². The average Bonchev–Trinajstić information content (AvgIpc) is 2.57. The van der Waals surface area contributed by atoms with Gasteiger partial charge in [-0.05, 0) is 24.5 Å². The maximum atomic E-state index is 8.92. The predicted molar refractivity (Wildman–Crippen MR) is 96.3 cm³/mol. The van der Waals surface area contributed by atoms with Crippen molar-refractivity contribution in [3.05, 3.63) is 61.0 Å². The van der Waals surface area contributed by atoms with Crippen molar-refractivity contribution in [2.75, 3.05) is 24.5 Å². The Morgan fingerprint density at radius 1 is 1.39 bits per heavy atom. The highest BCUT2D eigenvalue weighted by atomic mass is 15.2. The van der Waals surface area contributed by atoms with E-state index in [1.54, 1.807) is 6.08 Å². The monoisotopic (exact) mass is 306 g/mol. The van der Waals surface area contributed by atoms with Crippen molar-refractivity contribution < 1.29 is 0 Å². The number of aromatic nitrogens is 1. The highest BCUT2D eigenvalue weighted by molar-refractivity contribution is 5.92. The molecule has 4 heteroatoms. The van der Waals surface area contributed by atoms with E-state index in [0.29, 0.717) is 13.0 Å². The van der Waals surface area contributed by atoms with Crippen LogP contribution in [0.15, 0.2) is 55.4 Å². The Morgan fingerprint density at radius 2 is 2.22 bits per heavy atom. The lowest BCUT2D eigenvalue weighted by Crippen LogP contribution is -2.33. The molecule has 0 saturated carbocycles. The minimum atomic E-state index is 0.465. The number of hydrogen-bond donors (Lipinski definition) is 1. The lowest BCUT2D eigenvalue weighted by atomic mass is 10.1. The molecule has 1 heterocycles. The zero-order chi connectivity index (χ0) is 16.7. The zero-order valence-electron chi connectivity index (χ0n) is 13.5. The molecule has 23 heavy (non-hydrogen) atoms. The van der Waals surface area contributed by atoms with Gasteiger partial charge in [-0.1, -0.05) is 36.9 Å². The van der Waals surface area contributed by atoms with Gasteiger partial charge in [0.05, 0.1) is 12.5 Å². The van der Waals surface area contributed by atoms with Crippen molar-refractivity contribution in [2.24, 2.45) is 0 Å². The number of benzene rings is 1. The summed E-state index contributed by atoms with van der Waals surface area (Å²) in [5, 5.41) is 14.4. The number of pyridine rings is 1. The first kappa shape index (κ1) is 16.6. The van der Waals surface area contributed by atoms with Crippen LogP contribution in [0.4, 0.5) is 5.82 Å². The van der Waals surface area contributed by atoms with Gasteiger partial charge in [0.1, 0.15) is 5.82 Å². The first-order chi connectivity index (χ1) is 11.2. The molecule has 0 fully saturated rings. The van der Waals surface area contributed by atoms with Gasteiger partial charge in [-0.2, -0.15) is 5.26 Å². The zero-order valence-corrected chi connectivity index (χ0v) is 13.5. The summed E-state index contributed by atoms with van der Waals surface area (Å²) in [7, 11) is 0. The fourth-order valence-electron chi connectivity index (χ4n) is 2.47. The van der Waals surface area contributed by atoms with E-state index in [1.807, 2.05) is 12.3 Å². The molecule has 0 aliphatic carbocycles. The number of allylic oxidation sites excluding steroid dienone is 1. The minimum absolute atomic E-state index is 0.465. The SMILES string of the molecule is C=CC(=C)NCCN(CCC#N)c1nccc2cc(C)ccc12. The summed E-state index contributed by atoms with van der Waals surface area (Å²) in [6, 6.07) is 10.6. The van der Waals surface area contributed by atoms with Gasteiger partial charge in [0, 0.05) is 36.9 Å². The van der Waals surface area contributed by atoms with E-state index < -0.39 is 0 Å². The van der Waals surface area contributed by atoms with Crippen molar-refractivity contribution in [1.29, 1.82) is 5.26 Å². The average molecular weight is 306 g/mol. The van der Waals surface area contributed by atoms with Crippen LogP contribution < -0.4 is 10.2 Å². The Balaban J connectivity index is 2.26. The molecule has 1 aromatic carbocycles. The Hall–Kier alpha value is -2.80. The predicted octanol–water partition coefficient (Wildman–Crippen LogP) is 3.55. The topological polar surface area (TPSA) is 52.0 Å². The molecule has 2 rings (SSSR count). The standard InChI is InChI=1S/C19H22N4/c1-4-16(3)21-11-13-23(12-5-9-20)19-18-7-6-15(2)14-17(18)8-10-22-19/h4,6-8,10,14,21H,1,3,5,11-13H2,2H3. The lowest BCUT2D eigenvalue weighted by Gasteiger charge is -2.24. The van der Waals surface area contributed by atoms with Crippen molar-refractivity contribution >= 4 is 16.6 Å². The third-order valence-corrected chi connectivity index (χ3v) is 3.67. The number of anilines is 1. The van der Waals surface area contributed by atoms with Crippen LogP contribution in [0.25, 0.3) is 10.8 Å². The normalized spacial score (nSPS) is 10.1. The van der Waals surface area contributed by atoms with E-state index >= 15 is 0 Å². The van der Waals surface area contributed by atoms with E-state index in [9.17, 15) is 0 Å². The highest BCUT2D eigenvalue weighted by Gasteiger charge is 2.11. The second kappa shape index (κ2) is 8.00. The number of rotatable bonds is 8. The van der Waals surface area contributed by atoms with E-state index in [0.717, 1.165) is 30.0 Å². The summed E-state index contributed by atoms with van der Waals surface area (Å²) in [5.41, 5.74) is 2.02. The van der Waals surface area contributed by atoms with Crippen LogP contribution in [0, 0.1) is 18.3 Å². The Labute approximate surface area is 137 Å². The van der Waals surface area contributed by atoms with E-state index in [-0.39, 0.29) is 0 Å². The number of aryl methyl sites for hydroxylation is 1. The molecule has 0 unspecified atom stereocenters. The van der Waals surface area contributed by atoms with Crippen LogP contribution >= 0.6 is 0 Å². The molecule has 4 nitrogen and oxygen atoms in total. The molecule has 0 bridgehead atoms. The van der Waals surface area contributed by atoms with Gasteiger partial charge in [0.2, 0.25) is 0 Å². The van der Waals surface area contributed by atoms with E-state index in [1.165, 1.54) is 10.9 Å². The largest absolute Gasteiger partial charge is 0.384 e. The van der Waals surface area contributed by atoms with Gasteiger partial charge in [-0.25, -0.2) is 4.98 Å². The molecule has 0 saturated heterocycles. The summed E-state index contributed by atoms with van der Waals surface area (Å²) in [6.45, 7) is 11.7. The second-order valence-electron chi connectivity index (χ2n) is 5.41. The molecule has 1 aromatic heterocycles. The Kier molecular flexibility index (Phi) is 5.76. The number of nitriles is 1. The molecule has 0 amide bonds. The van der Waals surface area contributed by atoms with Crippen molar-refractivity contribution in [2.45, 2.75) is 13.3 Å². The second-order valence-corrected chi connectivity index (χ2v) is 5.41. The summed E-state index contributed by atoms with van der Waals surface area (Å²) in [6.07, 6.45) is 3.98. The number of nitrogens with zero attached hydrogens (tertiary/aromatic N) is 3. The number of hydrogen-bond acceptors (Lipinski definition) is 4. The van der Waals surface area contributed by atoms with E-state index in [2.05, 4.69) is 59.6 Å². The molecule has 118 valence electrons. The molecular formula is C19H22N4. The van der Waals surface area contributed by atoms with Crippen LogP contribution in [-0.2, 0) is 0 Å². The smallest absolute Gasteiger partial charge is 0.136 e.